The molecule has 30 heavy (non-hydrogen) atoms. The molecule has 0 spiro atoms. The van der Waals surface area contributed by atoms with Gasteiger partial charge in [0, 0.05) is 23.2 Å². The maximum atomic E-state index is 13.0. The molecule has 0 atom stereocenters. The van der Waals surface area contributed by atoms with E-state index in [-0.39, 0.29) is 12.4 Å². The number of nitrogens with two attached hydrogens (primary N) is 1. The van der Waals surface area contributed by atoms with Crippen LogP contribution in [0.1, 0.15) is 15.9 Å². The molecule has 3 amide bonds. The zero-order valence-corrected chi connectivity index (χ0v) is 15.8. The molecule has 3 aromatic carbocycles. The monoisotopic (exact) mass is 403 g/mol. The number of anilines is 1. The highest BCUT2D eigenvalue weighted by molar-refractivity contribution is 6.10. The summed E-state index contributed by atoms with van der Waals surface area (Å²) in [5, 5.41) is 13.4. The SMILES string of the molecule is NC(=O)c1cccc2[nH]nc(-c3ccccc3CNC(=O)Nc3ccc(F)cc3)c12. The van der Waals surface area contributed by atoms with Crippen LogP contribution in [0.5, 0.6) is 0 Å². The van der Waals surface area contributed by atoms with Crippen molar-refractivity contribution < 1.29 is 14.0 Å². The van der Waals surface area contributed by atoms with Crippen molar-refractivity contribution in [2.45, 2.75) is 6.54 Å². The summed E-state index contributed by atoms with van der Waals surface area (Å²) in [6, 6.07) is 17.7. The van der Waals surface area contributed by atoms with Crippen molar-refractivity contribution in [3.63, 3.8) is 0 Å². The van der Waals surface area contributed by atoms with Crippen LogP contribution >= 0.6 is 0 Å². The molecule has 7 nitrogen and oxygen atoms in total. The number of amides is 3. The molecule has 0 saturated carbocycles. The average Bonchev–Trinajstić information content (AvgIpc) is 3.18. The highest BCUT2D eigenvalue weighted by Crippen LogP contribution is 2.31. The minimum atomic E-state index is -0.544. The molecule has 5 N–H and O–H groups in total. The molecule has 150 valence electrons. The number of hydrogen-bond acceptors (Lipinski definition) is 3. The Morgan fingerprint density at radius 3 is 2.53 bits per heavy atom. The van der Waals surface area contributed by atoms with Gasteiger partial charge in [0.1, 0.15) is 11.5 Å². The van der Waals surface area contributed by atoms with E-state index in [1.165, 1.54) is 24.3 Å². The van der Waals surface area contributed by atoms with Crippen LogP contribution < -0.4 is 16.4 Å². The molecular weight excluding hydrogens is 385 g/mol. The Kier molecular flexibility index (Phi) is 5.13. The van der Waals surface area contributed by atoms with Crippen molar-refractivity contribution in [2.24, 2.45) is 5.73 Å². The molecule has 1 heterocycles. The Morgan fingerprint density at radius 2 is 1.77 bits per heavy atom. The number of hydrogen-bond donors (Lipinski definition) is 4. The fourth-order valence-electron chi connectivity index (χ4n) is 3.26. The second-order valence-electron chi connectivity index (χ2n) is 6.64. The van der Waals surface area contributed by atoms with Crippen LogP contribution in [0.2, 0.25) is 0 Å². The fraction of sp³-hybridized carbons (Fsp3) is 0.0455. The lowest BCUT2D eigenvalue weighted by Gasteiger charge is -2.11. The van der Waals surface area contributed by atoms with Crippen molar-refractivity contribution in [3.05, 3.63) is 83.7 Å². The molecule has 0 aliphatic carbocycles. The van der Waals surface area contributed by atoms with Crippen molar-refractivity contribution in [3.8, 4) is 11.3 Å². The summed E-state index contributed by atoms with van der Waals surface area (Å²) in [5.74, 6) is -0.922. The summed E-state index contributed by atoms with van der Waals surface area (Å²) in [4.78, 5) is 24.1. The number of nitrogens with one attached hydrogen (secondary N) is 3. The minimum Gasteiger partial charge on any atom is -0.366 e. The quantitative estimate of drug-likeness (QED) is 0.407. The predicted molar refractivity (Wildman–Crippen MR) is 112 cm³/mol. The number of primary amides is 1. The number of urea groups is 1. The molecule has 0 bridgehead atoms. The molecule has 0 aliphatic heterocycles. The van der Waals surface area contributed by atoms with Gasteiger partial charge in [-0.3, -0.25) is 9.89 Å². The smallest absolute Gasteiger partial charge is 0.319 e. The lowest BCUT2D eigenvalue weighted by Crippen LogP contribution is -2.28. The van der Waals surface area contributed by atoms with Gasteiger partial charge in [0.05, 0.1) is 11.1 Å². The first kappa shape index (κ1) is 19.1. The number of carbonyl (C=O) groups excluding carboxylic acids is 2. The molecule has 1 aromatic heterocycles. The van der Waals surface area contributed by atoms with Crippen LogP contribution in [0.3, 0.4) is 0 Å². The zero-order chi connectivity index (χ0) is 21.1. The van der Waals surface area contributed by atoms with Crippen LogP contribution in [0.15, 0.2) is 66.7 Å². The maximum absolute atomic E-state index is 13.0. The van der Waals surface area contributed by atoms with Crippen LogP contribution in [-0.4, -0.2) is 22.1 Å². The molecule has 8 heteroatoms. The first-order chi connectivity index (χ1) is 14.5. The Morgan fingerprint density at radius 1 is 1.00 bits per heavy atom. The third-order valence-electron chi connectivity index (χ3n) is 4.67. The van der Waals surface area contributed by atoms with Gasteiger partial charge in [0.25, 0.3) is 0 Å². The van der Waals surface area contributed by atoms with Crippen LogP contribution in [0.25, 0.3) is 22.2 Å². The fourth-order valence-corrected chi connectivity index (χ4v) is 3.26. The van der Waals surface area contributed by atoms with E-state index >= 15 is 0 Å². The number of H-pyrrole nitrogens is 1. The van der Waals surface area contributed by atoms with E-state index in [1.807, 2.05) is 30.3 Å². The van der Waals surface area contributed by atoms with Gasteiger partial charge in [0.15, 0.2) is 0 Å². The lowest BCUT2D eigenvalue weighted by atomic mass is 9.99. The Balaban J connectivity index is 1.59. The first-order valence-corrected chi connectivity index (χ1v) is 9.18. The van der Waals surface area contributed by atoms with E-state index in [2.05, 4.69) is 20.8 Å². The van der Waals surface area contributed by atoms with Crippen LogP contribution in [-0.2, 0) is 6.54 Å². The van der Waals surface area contributed by atoms with Crippen molar-refractivity contribution in [2.75, 3.05) is 5.32 Å². The number of fused-ring (bicyclic) bond motifs is 1. The number of carbonyl (C=O) groups is 2. The summed E-state index contributed by atoms with van der Waals surface area (Å²) >= 11 is 0. The summed E-state index contributed by atoms with van der Waals surface area (Å²) in [7, 11) is 0. The van der Waals surface area contributed by atoms with Gasteiger partial charge in [-0.05, 0) is 42.0 Å². The van der Waals surface area contributed by atoms with Gasteiger partial charge in [-0.2, -0.15) is 5.10 Å². The zero-order valence-electron chi connectivity index (χ0n) is 15.8. The highest BCUT2D eigenvalue weighted by Gasteiger charge is 2.17. The van der Waals surface area contributed by atoms with E-state index < -0.39 is 11.9 Å². The van der Waals surface area contributed by atoms with E-state index in [0.717, 1.165) is 11.1 Å². The molecule has 0 radical (unpaired) electrons. The minimum absolute atomic E-state index is 0.219. The summed E-state index contributed by atoms with van der Waals surface area (Å²) < 4.78 is 13.0. The van der Waals surface area contributed by atoms with Gasteiger partial charge in [-0.25, -0.2) is 9.18 Å². The number of halogens is 1. The van der Waals surface area contributed by atoms with Gasteiger partial charge in [-0.1, -0.05) is 30.3 Å². The highest BCUT2D eigenvalue weighted by atomic mass is 19.1. The molecule has 0 saturated heterocycles. The number of rotatable bonds is 5. The van der Waals surface area contributed by atoms with Gasteiger partial charge in [0.2, 0.25) is 5.91 Å². The standard InChI is InChI=1S/C22H18FN5O2/c23-14-8-10-15(11-9-14)26-22(30)25-12-13-4-1-2-5-16(13)20-19-17(21(24)29)6-3-7-18(19)27-28-20/h1-11H,12H2,(H2,24,29)(H,27,28)(H2,25,26,30). The number of aromatic nitrogens is 2. The molecule has 4 rings (SSSR count). The van der Waals surface area contributed by atoms with Crippen molar-refractivity contribution in [1.29, 1.82) is 0 Å². The van der Waals surface area contributed by atoms with Crippen LogP contribution in [0.4, 0.5) is 14.9 Å². The molecule has 0 unspecified atom stereocenters. The maximum Gasteiger partial charge on any atom is 0.319 e. The average molecular weight is 403 g/mol. The Labute approximate surface area is 171 Å². The predicted octanol–water partition coefficient (Wildman–Crippen LogP) is 3.79. The number of nitrogens with zero attached hydrogens (tertiary/aromatic N) is 1. The third kappa shape index (κ3) is 3.83. The summed E-state index contributed by atoms with van der Waals surface area (Å²) in [6.45, 7) is 0.219. The Bertz CT molecular complexity index is 1230. The lowest BCUT2D eigenvalue weighted by molar-refractivity contribution is 0.100. The van der Waals surface area contributed by atoms with Gasteiger partial charge >= 0.3 is 6.03 Å². The topological polar surface area (TPSA) is 113 Å². The second-order valence-corrected chi connectivity index (χ2v) is 6.64. The molecule has 4 aromatic rings. The molecule has 0 aliphatic rings. The third-order valence-corrected chi connectivity index (χ3v) is 4.67. The number of benzene rings is 3. The van der Waals surface area contributed by atoms with Crippen LogP contribution in [0, 0.1) is 5.82 Å². The molecular formula is C22H18FN5O2. The normalized spacial score (nSPS) is 10.7. The van der Waals surface area contributed by atoms with Gasteiger partial charge in [-0.15, -0.1) is 0 Å². The second kappa shape index (κ2) is 8.04. The largest absolute Gasteiger partial charge is 0.366 e. The Hall–Kier alpha value is -4.20. The molecule has 0 fully saturated rings. The van der Waals surface area contributed by atoms with Gasteiger partial charge < -0.3 is 16.4 Å². The summed E-state index contributed by atoms with van der Waals surface area (Å²) in [6.07, 6.45) is 0. The number of aromatic amines is 1. The van der Waals surface area contributed by atoms with E-state index in [0.29, 0.717) is 27.8 Å². The van der Waals surface area contributed by atoms with Crippen molar-refractivity contribution >= 4 is 28.5 Å². The van der Waals surface area contributed by atoms with E-state index in [1.54, 1.807) is 12.1 Å². The van der Waals surface area contributed by atoms with Crippen molar-refractivity contribution in [1.82, 2.24) is 15.5 Å². The first-order valence-electron chi connectivity index (χ1n) is 9.18. The van der Waals surface area contributed by atoms with E-state index in [9.17, 15) is 14.0 Å². The summed E-state index contributed by atoms with van der Waals surface area (Å²) in [5.41, 5.74) is 9.22. The van der Waals surface area contributed by atoms with E-state index in [4.69, 9.17) is 5.73 Å².